The number of rotatable bonds is 3. The number of sulfonamides is 1. The predicted molar refractivity (Wildman–Crippen MR) is 70.5 cm³/mol. The highest BCUT2D eigenvalue weighted by Gasteiger charge is 2.16. The number of aromatic nitrogens is 2. The fourth-order valence-electron chi connectivity index (χ4n) is 1.41. The first-order chi connectivity index (χ1) is 8.89. The van der Waals surface area contributed by atoms with Crippen LogP contribution in [0.2, 0.25) is 0 Å². The molecule has 1 aromatic heterocycles. The number of amides is 1. The van der Waals surface area contributed by atoms with E-state index in [9.17, 15) is 13.2 Å². The van der Waals surface area contributed by atoms with Crippen LogP contribution >= 0.6 is 11.5 Å². The maximum atomic E-state index is 12.0. The lowest BCUT2D eigenvalue weighted by molar-refractivity contribution is 0.0988. The van der Waals surface area contributed by atoms with Gasteiger partial charge in [-0.25, -0.2) is 13.6 Å². The highest BCUT2D eigenvalue weighted by molar-refractivity contribution is 7.89. The molecule has 2 aromatic rings. The molecule has 0 aliphatic heterocycles. The number of primary sulfonamides is 1. The molecule has 9 heteroatoms. The van der Waals surface area contributed by atoms with Crippen LogP contribution in [0.1, 0.15) is 10.5 Å². The third kappa shape index (κ3) is 2.95. The molecule has 1 heterocycles. The summed E-state index contributed by atoms with van der Waals surface area (Å²) in [5.41, 5.74) is 0.772. The number of benzene rings is 1. The van der Waals surface area contributed by atoms with Crippen molar-refractivity contribution < 1.29 is 13.2 Å². The van der Waals surface area contributed by atoms with E-state index in [1.165, 1.54) is 34.5 Å². The molecule has 1 amide bonds. The van der Waals surface area contributed by atoms with Crippen LogP contribution in [0.4, 0.5) is 5.69 Å². The fraction of sp³-hybridized carbons (Fsp3) is 0.100. The first kappa shape index (κ1) is 13.6. The molecule has 2 N–H and O–H groups in total. The van der Waals surface area contributed by atoms with Gasteiger partial charge in [-0.05, 0) is 35.8 Å². The quantitative estimate of drug-likeness (QED) is 0.886. The summed E-state index contributed by atoms with van der Waals surface area (Å²) in [5.74, 6) is -0.322. The maximum Gasteiger partial charge on any atom is 0.279 e. The van der Waals surface area contributed by atoms with E-state index < -0.39 is 10.0 Å². The fourth-order valence-corrected chi connectivity index (χ4v) is 2.35. The molecule has 0 fully saturated rings. The number of nitrogens with zero attached hydrogens (tertiary/aromatic N) is 3. The van der Waals surface area contributed by atoms with Crippen molar-refractivity contribution in [3.63, 3.8) is 0 Å². The first-order valence-corrected chi connectivity index (χ1v) is 7.46. The predicted octanol–water partition coefficient (Wildman–Crippen LogP) is 0.462. The van der Waals surface area contributed by atoms with E-state index in [1.54, 1.807) is 7.05 Å². The van der Waals surface area contributed by atoms with E-state index in [4.69, 9.17) is 5.14 Å². The summed E-state index contributed by atoms with van der Waals surface area (Å²) >= 11 is 1.08. The molecule has 7 nitrogen and oxygen atoms in total. The molecule has 0 spiro atoms. The van der Waals surface area contributed by atoms with Crippen LogP contribution in [0.25, 0.3) is 0 Å². The SMILES string of the molecule is CN(C(=O)c1csnn1)c1ccc(S(N)(=O)=O)cc1. The normalized spacial score (nSPS) is 11.3. The molecule has 0 aliphatic carbocycles. The van der Waals surface area contributed by atoms with Crippen molar-refractivity contribution in [1.82, 2.24) is 9.59 Å². The van der Waals surface area contributed by atoms with Gasteiger partial charge in [0.1, 0.15) is 0 Å². The molecule has 2 rings (SSSR count). The van der Waals surface area contributed by atoms with Gasteiger partial charge in [0.2, 0.25) is 10.0 Å². The molecule has 0 radical (unpaired) electrons. The summed E-state index contributed by atoms with van der Waals surface area (Å²) in [6, 6.07) is 5.68. The molecule has 1 aromatic carbocycles. The Bertz CT molecular complexity index is 680. The van der Waals surface area contributed by atoms with Gasteiger partial charge in [-0.1, -0.05) is 4.49 Å². The van der Waals surface area contributed by atoms with E-state index in [2.05, 4.69) is 9.59 Å². The summed E-state index contributed by atoms with van der Waals surface area (Å²) in [5, 5.41) is 10.2. The van der Waals surface area contributed by atoms with Gasteiger partial charge in [0, 0.05) is 18.1 Å². The van der Waals surface area contributed by atoms with Crippen LogP contribution in [0, 0.1) is 0 Å². The summed E-state index contributed by atoms with van der Waals surface area (Å²) in [6.07, 6.45) is 0. The smallest absolute Gasteiger partial charge is 0.279 e. The Morgan fingerprint density at radius 3 is 2.42 bits per heavy atom. The van der Waals surface area contributed by atoms with Crippen molar-refractivity contribution in [3.8, 4) is 0 Å². The zero-order valence-electron chi connectivity index (χ0n) is 9.85. The molecule has 0 bridgehead atoms. The number of carbonyl (C=O) groups excluding carboxylic acids is 1. The zero-order valence-corrected chi connectivity index (χ0v) is 11.5. The van der Waals surface area contributed by atoms with Crippen molar-refractivity contribution in [2.75, 3.05) is 11.9 Å². The zero-order chi connectivity index (χ0) is 14.0. The summed E-state index contributed by atoms with van der Waals surface area (Å²) in [7, 11) is -2.17. The molecule has 19 heavy (non-hydrogen) atoms. The van der Waals surface area contributed by atoms with E-state index in [0.717, 1.165) is 11.5 Å². The van der Waals surface area contributed by atoms with Crippen molar-refractivity contribution in [1.29, 1.82) is 0 Å². The maximum absolute atomic E-state index is 12.0. The van der Waals surface area contributed by atoms with E-state index in [-0.39, 0.29) is 16.5 Å². The summed E-state index contributed by atoms with van der Waals surface area (Å²) in [6.45, 7) is 0. The highest BCUT2D eigenvalue weighted by Crippen LogP contribution is 2.17. The number of hydrogen-bond donors (Lipinski definition) is 1. The van der Waals surface area contributed by atoms with Crippen LogP contribution in [0.5, 0.6) is 0 Å². The van der Waals surface area contributed by atoms with Crippen molar-refractivity contribution in [2.45, 2.75) is 4.90 Å². The van der Waals surface area contributed by atoms with Gasteiger partial charge < -0.3 is 4.90 Å². The van der Waals surface area contributed by atoms with Gasteiger partial charge in [-0.15, -0.1) is 5.10 Å². The summed E-state index contributed by atoms with van der Waals surface area (Å²) < 4.78 is 25.8. The summed E-state index contributed by atoms with van der Waals surface area (Å²) in [4.78, 5) is 13.3. The molecule has 0 unspecified atom stereocenters. The van der Waals surface area contributed by atoms with Crippen molar-refractivity contribution in [3.05, 3.63) is 35.3 Å². The first-order valence-electron chi connectivity index (χ1n) is 5.07. The molecular weight excluding hydrogens is 288 g/mol. The third-order valence-corrected chi connectivity index (χ3v) is 3.87. The minimum Gasteiger partial charge on any atom is -0.310 e. The standard InChI is InChI=1S/C10H10N4O3S2/c1-14(10(15)9-6-18-13-12-9)7-2-4-8(5-3-7)19(11,16)17/h2-6H,1H3,(H2,11,16,17). The largest absolute Gasteiger partial charge is 0.310 e. The molecular formula is C10H10N4O3S2. The van der Waals surface area contributed by atoms with Crippen LogP contribution < -0.4 is 10.0 Å². The Hall–Kier alpha value is -1.84. The van der Waals surface area contributed by atoms with Gasteiger partial charge in [0.05, 0.1) is 4.90 Å². The Labute approximate surface area is 113 Å². The van der Waals surface area contributed by atoms with E-state index >= 15 is 0 Å². The second-order valence-electron chi connectivity index (χ2n) is 3.69. The molecule has 0 aliphatic rings. The molecule has 0 atom stereocenters. The Morgan fingerprint density at radius 1 is 1.32 bits per heavy atom. The lowest BCUT2D eigenvalue weighted by Crippen LogP contribution is -2.26. The average molecular weight is 298 g/mol. The van der Waals surface area contributed by atoms with Crippen molar-refractivity contribution >= 4 is 33.2 Å². The van der Waals surface area contributed by atoms with Gasteiger partial charge in [-0.2, -0.15) is 0 Å². The monoisotopic (exact) mass is 298 g/mol. The number of anilines is 1. The molecule has 100 valence electrons. The Morgan fingerprint density at radius 2 is 1.95 bits per heavy atom. The third-order valence-electron chi connectivity index (χ3n) is 2.44. The Balaban J connectivity index is 2.25. The second-order valence-corrected chi connectivity index (χ2v) is 5.86. The minimum absolute atomic E-state index is 0.00701. The number of hydrogen-bond acceptors (Lipinski definition) is 6. The highest BCUT2D eigenvalue weighted by atomic mass is 32.2. The van der Waals surface area contributed by atoms with Crippen molar-refractivity contribution in [2.24, 2.45) is 5.14 Å². The molecule has 0 saturated carbocycles. The number of nitrogens with two attached hydrogens (primary N) is 1. The van der Waals surface area contributed by atoms with Crippen LogP contribution in [-0.2, 0) is 10.0 Å². The lowest BCUT2D eigenvalue weighted by atomic mass is 10.3. The van der Waals surface area contributed by atoms with E-state index in [1.807, 2.05) is 0 Å². The van der Waals surface area contributed by atoms with Crippen LogP contribution in [0.15, 0.2) is 34.5 Å². The Kier molecular flexibility index (Phi) is 3.60. The van der Waals surface area contributed by atoms with Gasteiger partial charge in [0.25, 0.3) is 5.91 Å². The second kappa shape index (κ2) is 5.03. The number of carbonyl (C=O) groups is 1. The van der Waals surface area contributed by atoms with Gasteiger partial charge in [0.15, 0.2) is 5.69 Å². The minimum atomic E-state index is -3.73. The lowest BCUT2D eigenvalue weighted by Gasteiger charge is -2.15. The van der Waals surface area contributed by atoms with Crippen LogP contribution in [0.3, 0.4) is 0 Å². The van der Waals surface area contributed by atoms with Crippen LogP contribution in [-0.4, -0.2) is 31.0 Å². The van der Waals surface area contributed by atoms with E-state index in [0.29, 0.717) is 5.69 Å². The van der Waals surface area contributed by atoms with Gasteiger partial charge >= 0.3 is 0 Å². The average Bonchev–Trinajstić information content (AvgIpc) is 2.90. The topological polar surface area (TPSA) is 106 Å². The molecule has 0 saturated heterocycles. The van der Waals surface area contributed by atoms with Gasteiger partial charge in [-0.3, -0.25) is 4.79 Å².